The molecule has 1 aliphatic rings. The Morgan fingerprint density at radius 3 is 2.76 bits per heavy atom. The molecular weight excluding hydrogens is 318 g/mol. The van der Waals surface area contributed by atoms with Gasteiger partial charge in [0.2, 0.25) is 11.7 Å². The van der Waals surface area contributed by atoms with Crippen LogP contribution < -0.4 is 0 Å². The molecule has 1 fully saturated rings. The van der Waals surface area contributed by atoms with E-state index in [0.717, 1.165) is 30.8 Å². The van der Waals surface area contributed by atoms with E-state index in [0.29, 0.717) is 11.7 Å². The van der Waals surface area contributed by atoms with Crippen molar-refractivity contribution < 1.29 is 9.63 Å². The van der Waals surface area contributed by atoms with Crippen LogP contribution in [0.3, 0.4) is 0 Å². The summed E-state index contributed by atoms with van der Waals surface area (Å²) in [7, 11) is 0. The SMILES string of the molecule is OC[C@@H]1CN(Cc2cccnc2)C[C@H]1c1nc(-c2ccncc2)no1. The van der Waals surface area contributed by atoms with Crippen molar-refractivity contribution in [2.45, 2.75) is 12.5 Å². The molecule has 128 valence electrons. The van der Waals surface area contributed by atoms with Gasteiger partial charge in [-0.25, -0.2) is 0 Å². The lowest BCUT2D eigenvalue weighted by Crippen LogP contribution is -2.20. The molecule has 3 aromatic rings. The van der Waals surface area contributed by atoms with Gasteiger partial charge < -0.3 is 9.63 Å². The fourth-order valence-electron chi connectivity index (χ4n) is 3.31. The molecule has 0 aromatic carbocycles. The van der Waals surface area contributed by atoms with E-state index in [9.17, 15) is 5.11 Å². The Morgan fingerprint density at radius 2 is 2.00 bits per heavy atom. The largest absolute Gasteiger partial charge is 0.396 e. The van der Waals surface area contributed by atoms with E-state index in [1.807, 2.05) is 24.4 Å². The number of hydrogen-bond donors (Lipinski definition) is 1. The Morgan fingerprint density at radius 1 is 1.12 bits per heavy atom. The summed E-state index contributed by atoms with van der Waals surface area (Å²) in [5.41, 5.74) is 2.03. The van der Waals surface area contributed by atoms with Gasteiger partial charge in [0.15, 0.2) is 0 Å². The van der Waals surface area contributed by atoms with E-state index in [1.54, 1.807) is 18.6 Å². The second-order valence-corrected chi connectivity index (χ2v) is 6.30. The second-order valence-electron chi connectivity index (χ2n) is 6.30. The van der Waals surface area contributed by atoms with E-state index in [1.165, 1.54) is 0 Å². The molecule has 0 amide bonds. The summed E-state index contributed by atoms with van der Waals surface area (Å²) < 4.78 is 5.50. The molecule has 3 aromatic heterocycles. The molecule has 7 heteroatoms. The van der Waals surface area contributed by atoms with Gasteiger partial charge in [0.1, 0.15) is 0 Å². The first-order valence-corrected chi connectivity index (χ1v) is 8.29. The Balaban J connectivity index is 1.50. The number of likely N-dealkylation sites (tertiary alicyclic amines) is 1. The minimum absolute atomic E-state index is 0.0322. The molecule has 25 heavy (non-hydrogen) atoms. The lowest BCUT2D eigenvalue weighted by atomic mass is 9.97. The summed E-state index contributed by atoms with van der Waals surface area (Å²) in [6.45, 7) is 2.47. The first-order chi connectivity index (χ1) is 12.3. The van der Waals surface area contributed by atoms with Gasteiger partial charge in [0.05, 0.1) is 5.92 Å². The van der Waals surface area contributed by atoms with Crippen LogP contribution in [-0.2, 0) is 6.54 Å². The van der Waals surface area contributed by atoms with Gasteiger partial charge in [-0.1, -0.05) is 11.2 Å². The number of nitrogens with zero attached hydrogens (tertiary/aromatic N) is 5. The quantitative estimate of drug-likeness (QED) is 0.758. The zero-order chi connectivity index (χ0) is 17.1. The fourth-order valence-corrected chi connectivity index (χ4v) is 3.31. The molecule has 0 aliphatic carbocycles. The molecular formula is C18H19N5O2. The third-order valence-electron chi connectivity index (χ3n) is 4.58. The first-order valence-electron chi connectivity index (χ1n) is 8.29. The lowest BCUT2D eigenvalue weighted by Gasteiger charge is -2.14. The standard InChI is InChI=1S/C18H19N5O2/c24-12-15-10-23(9-13-2-1-5-20-8-13)11-16(15)18-21-17(22-25-18)14-3-6-19-7-4-14/h1-8,15-16,24H,9-12H2/t15-,16+/m0/s1. The van der Waals surface area contributed by atoms with Gasteiger partial charge in [-0.2, -0.15) is 4.98 Å². The molecule has 7 nitrogen and oxygen atoms in total. The van der Waals surface area contributed by atoms with Crippen molar-refractivity contribution in [3.8, 4) is 11.4 Å². The summed E-state index contributed by atoms with van der Waals surface area (Å²) in [4.78, 5) is 15.0. The monoisotopic (exact) mass is 337 g/mol. The summed E-state index contributed by atoms with van der Waals surface area (Å²) in [5, 5.41) is 13.9. The molecule has 2 atom stereocenters. The summed E-state index contributed by atoms with van der Waals surface area (Å²) in [6, 6.07) is 7.69. The summed E-state index contributed by atoms with van der Waals surface area (Å²) in [6.07, 6.45) is 7.04. The number of rotatable bonds is 5. The molecule has 1 saturated heterocycles. The van der Waals surface area contributed by atoms with Crippen molar-refractivity contribution in [3.05, 3.63) is 60.5 Å². The van der Waals surface area contributed by atoms with Gasteiger partial charge in [-0.3, -0.25) is 14.9 Å². The maximum absolute atomic E-state index is 9.77. The molecule has 0 bridgehead atoms. The van der Waals surface area contributed by atoms with Crippen LogP contribution in [0.2, 0.25) is 0 Å². The van der Waals surface area contributed by atoms with E-state index in [-0.39, 0.29) is 18.4 Å². The van der Waals surface area contributed by atoms with Crippen LogP contribution in [0.1, 0.15) is 17.4 Å². The highest BCUT2D eigenvalue weighted by Gasteiger charge is 2.37. The highest BCUT2D eigenvalue weighted by molar-refractivity contribution is 5.52. The Hall–Kier alpha value is -2.64. The van der Waals surface area contributed by atoms with E-state index in [2.05, 4.69) is 31.1 Å². The average Bonchev–Trinajstić information content (AvgIpc) is 3.30. The van der Waals surface area contributed by atoms with Crippen molar-refractivity contribution in [3.63, 3.8) is 0 Å². The molecule has 1 N–H and O–H groups in total. The number of aromatic nitrogens is 4. The van der Waals surface area contributed by atoms with Crippen LogP contribution in [-0.4, -0.2) is 49.8 Å². The van der Waals surface area contributed by atoms with Crippen molar-refractivity contribution in [2.24, 2.45) is 5.92 Å². The van der Waals surface area contributed by atoms with E-state index < -0.39 is 0 Å². The Labute approximate surface area is 145 Å². The van der Waals surface area contributed by atoms with Crippen molar-refractivity contribution >= 4 is 0 Å². The second kappa shape index (κ2) is 7.08. The molecule has 1 aliphatic heterocycles. The van der Waals surface area contributed by atoms with Crippen LogP contribution in [0.15, 0.2) is 53.6 Å². The summed E-state index contributed by atoms with van der Waals surface area (Å²) in [5.74, 6) is 1.26. The van der Waals surface area contributed by atoms with Crippen molar-refractivity contribution in [2.75, 3.05) is 19.7 Å². The molecule has 0 radical (unpaired) electrons. The predicted molar refractivity (Wildman–Crippen MR) is 90.4 cm³/mol. The lowest BCUT2D eigenvalue weighted by molar-refractivity contribution is 0.205. The minimum Gasteiger partial charge on any atom is -0.396 e. The van der Waals surface area contributed by atoms with Gasteiger partial charge in [-0.05, 0) is 23.8 Å². The topological polar surface area (TPSA) is 88.2 Å². The number of pyridine rings is 2. The molecule has 4 heterocycles. The maximum atomic E-state index is 9.77. The third-order valence-corrected chi connectivity index (χ3v) is 4.58. The Kier molecular flexibility index (Phi) is 4.49. The highest BCUT2D eigenvalue weighted by Crippen LogP contribution is 2.33. The molecule has 0 spiro atoms. The minimum atomic E-state index is 0.0322. The van der Waals surface area contributed by atoms with Crippen LogP contribution in [0.4, 0.5) is 0 Å². The highest BCUT2D eigenvalue weighted by atomic mass is 16.5. The van der Waals surface area contributed by atoms with Gasteiger partial charge in [0, 0.05) is 62.5 Å². The normalized spacial score (nSPS) is 20.8. The Bertz CT molecular complexity index is 809. The molecule has 0 saturated carbocycles. The average molecular weight is 337 g/mol. The third kappa shape index (κ3) is 3.42. The van der Waals surface area contributed by atoms with Crippen LogP contribution in [0.25, 0.3) is 11.4 Å². The fraction of sp³-hybridized carbons (Fsp3) is 0.333. The zero-order valence-electron chi connectivity index (χ0n) is 13.7. The smallest absolute Gasteiger partial charge is 0.231 e. The van der Waals surface area contributed by atoms with Gasteiger partial charge in [-0.15, -0.1) is 0 Å². The summed E-state index contributed by atoms with van der Waals surface area (Å²) >= 11 is 0. The van der Waals surface area contributed by atoms with Gasteiger partial charge in [0.25, 0.3) is 0 Å². The van der Waals surface area contributed by atoms with Crippen molar-refractivity contribution in [1.29, 1.82) is 0 Å². The predicted octanol–water partition coefficient (Wildman–Crippen LogP) is 1.73. The molecule has 0 unspecified atom stereocenters. The number of hydrogen-bond acceptors (Lipinski definition) is 7. The maximum Gasteiger partial charge on any atom is 0.231 e. The van der Waals surface area contributed by atoms with Crippen molar-refractivity contribution in [1.82, 2.24) is 25.0 Å². The molecule has 4 rings (SSSR count). The zero-order valence-corrected chi connectivity index (χ0v) is 13.7. The number of aliphatic hydroxyl groups excluding tert-OH is 1. The van der Waals surface area contributed by atoms with Crippen LogP contribution in [0, 0.1) is 5.92 Å². The first kappa shape index (κ1) is 15.9. The van der Waals surface area contributed by atoms with Gasteiger partial charge >= 0.3 is 0 Å². The van der Waals surface area contributed by atoms with Crippen LogP contribution in [0.5, 0.6) is 0 Å². The van der Waals surface area contributed by atoms with Crippen LogP contribution >= 0.6 is 0 Å². The van der Waals surface area contributed by atoms with E-state index >= 15 is 0 Å². The van der Waals surface area contributed by atoms with E-state index in [4.69, 9.17) is 4.52 Å². The number of aliphatic hydroxyl groups is 1.